The number of benzene rings is 1. The van der Waals surface area contributed by atoms with Gasteiger partial charge >= 0.3 is 0 Å². The minimum atomic E-state index is -0.312. The van der Waals surface area contributed by atoms with E-state index in [-0.39, 0.29) is 24.3 Å². The summed E-state index contributed by atoms with van der Waals surface area (Å²) in [5.41, 5.74) is 2.97. The summed E-state index contributed by atoms with van der Waals surface area (Å²) in [6.07, 6.45) is 1.16. The summed E-state index contributed by atoms with van der Waals surface area (Å²) >= 11 is 0. The first-order valence-electron chi connectivity index (χ1n) is 7.60. The van der Waals surface area contributed by atoms with Crippen LogP contribution in [0.1, 0.15) is 61.0 Å². The minimum Gasteiger partial charge on any atom is -0.332 e. The number of nitrogens with one attached hydrogen (secondary N) is 1. The highest BCUT2D eigenvalue weighted by molar-refractivity contribution is 5.98. The maximum atomic E-state index is 12.6. The largest absolute Gasteiger partial charge is 0.332 e. The number of rotatable bonds is 6. The molecule has 1 aromatic rings. The summed E-state index contributed by atoms with van der Waals surface area (Å²) in [5.74, 6) is 0.102. The van der Waals surface area contributed by atoms with Crippen molar-refractivity contribution in [3.05, 3.63) is 34.9 Å². The molecule has 1 aromatic carbocycles. The van der Waals surface area contributed by atoms with Crippen molar-refractivity contribution >= 4 is 18.2 Å². The zero-order valence-electron chi connectivity index (χ0n) is 13.3. The zero-order valence-corrected chi connectivity index (χ0v) is 13.3. The number of nitrogens with zero attached hydrogens (tertiary/aromatic N) is 1. The van der Waals surface area contributed by atoms with Gasteiger partial charge in [0.05, 0.1) is 0 Å². The van der Waals surface area contributed by atoms with Gasteiger partial charge in [0.1, 0.15) is 0 Å². The van der Waals surface area contributed by atoms with Crippen LogP contribution in [-0.4, -0.2) is 29.2 Å². The lowest BCUT2D eigenvalue weighted by Gasteiger charge is -2.23. The summed E-state index contributed by atoms with van der Waals surface area (Å²) in [6, 6.07) is 6.03. The molecule has 0 bridgehead atoms. The third kappa shape index (κ3) is 3.35. The van der Waals surface area contributed by atoms with E-state index in [1.165, 1.54) is 0 Å². The Morgan fingerprint density at radius 2 is 2.09 bits per heavy atom. The fourth-order valence-electron chi connectivity index (χ4n) is 2.69. The van der Waals surface area contributed by atoms with Gasteiger partial charge in [-0.3, -0.25) is 19.7 Å². The molecule has 0 fully saturated rings. The number of carbonyl (C=O) groups excluding carboxylic acids is 3. The summed E-state index contributed by atoms with van der Waals surface area (Å²) in [4.78, 5) is 35.9. The molecule has 3 amide bonds. The molecule has 0 aromatic heterocycles. The van der Waals surface area contributed by atoms with Crippen molar-refractivity contribution in [2.45, 2.75) is 52.1 Å². The van der Waals surface area contributed by atoms with Gasteiger partial charge < -0.3 is 4.90 Å². The number of carbonyl (C=O) groups is 3. The number of hydrogen-bond donors (Lipinski definition) is 1. The number of imide groups is 1. The number of hydrogen-bond acceptors (Lipinski definition) is 3. The molecule has 0 saturated heterocycles. The molecule has 22 heavy (non-hydrogen) atoms. The van der Waals surface area contributed by atoms with Gasteiger partial charge in [0.2, 0.25) is 12.3 Å². The van der Waals surface area contributed by atoms with E-state index in [1.807, 2.05) is 19.1 Å². The smallest absolute Gasteiger partial charge is 0.254 e. The maximum absolute atomic E-state index is 12.6. The van der Waals surface area contributed by atoms with Crippen molar-refractivity contribution in [1.29, 1.82) is 0 Å². The second-order valence-corrected chi connectivity index (χ2v) is 6.08. The van der Waals surface area contributed by atoms with E-state index in [0.29, 0.717) is 25.3 Å². The van der Waals surface area contributed by atoms with Crippen LogP contribution >= 0.6 is 0 Å². The molecular formula is C17H22N2O3. The van der Waals surface area contributed by atoms with E-state index in [9.17, 15) is 14.4 Å². The molecule has 1 unspecified atom stereocenters. The molecule has 0 aliphatic carbocycles. The molecule has 0 spiro atoms. The average Bonchev–Trinajstić information content (AvgIpc) is 2.82. The van der Waals surface area contributed by atoms with E-state index in [2.05, 4.69) is 25.2 Å². The molecule has 1 atom stereocenters. The Morgan fingerprint density at radius 1 is 1.36 bits per heavy atom. The first-order valence-corrected chi connectivity index (χ1v) is 7.60. The Labute approximate surface area is 130 Å². The highest BCUT2D eigenvalue weighted by atomic mass is 16.2. The van der Waals surface area contributed by atoms with Crippen LogP contribution in [-0.2, 0) is 16.1 Å². The highest BCUT2D eigenvalue weighted by Gasteiger charge is 2.31. The first kappa shape index (κ1) is 16.2. The van der Waals surface area contributed by atoms with E-state index in [4.69, 9.17) is 0 Å². The van der Waals surface area contributed by atoms with Crippen LogP contribution in [0, 0.1) is 0 Å². The maximum Gasteiger partial charge on any atom is 0.254 e. The fourth-order valence-corrected chi connectivity index (χ4v) is 2.69. The molecule has 118 valence electrons. The predicted octanol–water partition coefficient (Wildman–Crippen LogP) is 2.21. The van der Waals surface area contributed by atoms with Crippen LogP contribution in [0.25, 0.3) is 0 Å². The standard InChI is InChI=1S/C17H22N2O3/c1-11(2)13-5-6-14-9-19(17(22)15(14)8-13)12(3)4-7-16(21)18-10-20/h5-6,8,10-12H,4,7,9H2,1-3H3,(H,18,20,21). The highest BCUT2D eigenvalue weighted by Crippen LogP contribution is 2.28. The molecule has 1 aliphatic heterocycles. The van der Waals surface area contributed by atoms with Crippen molar-refractivity contribution in [3.63, 3.8) is 0 Å². The molecule has 2 rings (SSSR count). The number of amides is 3. The molecule has 1 heterocycles. The monoisotopic (exact) mass is 302 g/mol. The average molecular weight is 302 g/mol. The van der Waals surface area contributed by atoms with Gasteiger partial charge in [-0.05, 0) is 36.5 Å². The summed E-state index contributed by atoms with van der Waals surface area (Å²) in [7, 11) is 0. The topological polar surface area (TPSA) is 66.5 Å². The van der Waals surface area contributed by atoms with Gasteiger partial charge in [-0.2, -0.15) is 0 Å². The van der Waals surface area contributed by atoms with Crippen molar-refractivity contribution in [2.24, 2.45) is 0 Å². The van der Waals surface area contributed by atoms with Crippen molar-refractivity contribution in [1.82, 2.24) is 10.2 Å². The van der Waals surface area contributed by atoms with Crippen LogP contribution < -0.4 is 5.32 Å². The molecule has 5 nitrogen and oxygen atoms in total. The second-order valence-electron chi connectivity index (χ2n) is 6.08. The summed E-state index contributed by atoms with van der Waals surface area (Å²) in [6.45, 7) is 6.73. The van der Waals surface area contributed by atoms with Crippen LogP contribution in [0.3, 0.4) is 0 Å². The Morgan fingerprint density at radius 3 is 2.73 bits per heavy atom. The van der Waals surface area contributed by atoms with Gasteiger partial charge in [0.15, 0.2) is 0 Å². The third-order valence-electron chi connectivity index (χ3n) is 4.17. The quantitative estimate of drug-likeness (QED) is 0.819. The van der Waals surface area contributed by atoms with E-state index in [1.54, 1.807) is 4.90 Å². The summed E-state index contributed by atoms with van der Waals surface area (Å²) in [5, 5.41) is 2.12. The SMILES string of the molecule is CC(C)c1ccc2c(c1)C(=O)N(C(C)CCC(=O)NC=O)C2. The van der Waals surface area contributed by atoms with E-state index in [0.717, 1.165) is 16.7 Å². The van der Waals surface area contributed by atoms with Crippen LogP contribution in [0.4, 0.5) is 0 Å². The normalized spacial score (nSPS) is 14.9. The van der Waals surface area contributed by atoms with Gasteiger partial charge in [-0.15, -0.1) is 0 Å². The third-order valence-corrected chi connectivity index (χ3v) is 4.17. The number of fused-ring (bicyclic) bond motifs is 1. The van der Waals surface area contributed by atoms with Gasteiger partial charge in [-0.25, -0.2) is 0 Å². The lowest BCUT2D eigenvalue weighted by atomic mass is 9.98. The van der Waals surface area contributed by atoms with Crippen LogP contribution in [0.5, 0.6) is 0 Å². The Bertz CT molecular complexity index is 596. The predicted molar refractivity (Wildman–Crippen MR) is 83.3 cm³/mol. The Kier molecular flexibility index (Phi) is 4.96. The molecular weight excluding hydrogens is 280 g/mol. The zero-order chi connectivity index (χ0) is 16.3. The van der Waals surface area contributed by atoms with Crippen molar-refractivity contribution in [2.75, 3.05) is 0 Å². The second kappa shape index (κ2) is 6.73. The van der Waals surface area contributed by atoms with Crippen LogP contribution in [0.15, 0.2) is 18.2 Å². The molecule has 0 saturated carbocycles. The Hall–Kier alpha value is -2.17. The lowest BCUT2D eigenvalue weighted by molar-refractivity contribution is -0.125. The van der Waals surface area contributed by atoms with Gasteiger partial charge in [-0.1, -0.05) is 26.0 Å². The Balaban J connectivity index is 2.04. The molecule has 1 N–H and O–H groups in total. The van der Waals surface area contributed by atoms with Crippen LogP contribution in [0.2, 0.25) is 0 Å². The van der Waals surface area contributed by atoms with E-state index < -0.39 is 0 Å². The van der Waals surface area contributed by atoms with E-state index >= 15 is 0 Å². The minimum absolute atomic E-state index is 0.0285. The lowest BCUT2D eigenvalue weighted by Crippen LogP contribution is -2.34. The van der Waals surface area contributed by atoms with Crippen molar-refractivity contribution < 1.29 is 14.4 Å². The molecule has 1 aliphatic rings. The fraction of sp³-hybridized carbons (Fsp3) is 0.471. The van der Waals surface area contributed by atoms with Gasteiger partial charge in [0.25, 0.3) is 5.91 Å². The molecule has 0 radical (unpaired) electrons. The summed E-state index contributed by atoms with van der Waals surface area (Å²) < 4.78 is 0. The molecule has 5 heteroatoms. The van der Waals surface area contributed by atoms with Crippen molar-refractivity contribution in [3.8, 4) is 0 Å². The first-order chi connectivity index (χ1) is 10.4. The van der Waals surface area contributed by atoms with Gasteiger partial charge in [0, 0.05) is 24.6 Å².